The third-order valence-electron chi connectivity index (χ3n) is 3.18. The highest BCUT2D eigenvalue weighted by atomic mass is 16.3. The first-order chi connectivity index (χ1) is 7.78. The molecule has 3 heteroatoms. The molecule has 2 N–H and O–H groups in total. The normalized spacial score (nSPS) is 22.2. The van der Waals surface area contributed by atoms with Crippen LogP contribution < -0.4 is 0 Å². The van der Waals surface area contributed by atoms with E-state index in [9.17, 15) is 5.11 Å². The molecule has 1 unspecified atom stereocenters. The van der Waals surface area contributed by atoms with Crippen LogP contribution in [0.15, 0.2) is 24.3 Å². The highest BCUT2D eigenvalue weighted by Gasteiger charge is 2.18. The van der Waals surface area contributed by atoms with Crippen LogP contribution in [0.4, 0.5) is 0 Å². The molecule has 0 aromatic heterocycles. The van der Waals surface area contributed by atoms with E-state index in [0.717, 1.165) is 38.0 Å². The van der Waals surface area contributed by atoms with Gasteiger partial charge in [0.05, 0.1) is 0 Å². The first kappa shape index (κ1) is 11.4. The largest absolute Gasteiger partial charge is 0.508 e. The number of phenolic OH excluding ortho intramolecular Hbond substituents is 1. The number of rotatable bonds is 3. The average molecular weight is 221 g/mol. The molecule has 1 heterocycles. The van der Waals surface area contributed by atoms with Gasteiger partial charge in [-0.15, -0.1) is 0 Å². The second-order valence-corrected chi connectivity index (χ2v) is 4.60. The standard InChI is InChI=1S/C13H19NO2/c15-10-12-4-2-6-14(9-12)8-11-3-1-5-13(16)7-11/h1,3,5,7,12,15-16H,2,4,6,8-10H2. The molecule has 0 aliphatic carbocycles. The molecule has 0 radical (unpaired) electrons. The van der Waals surface area contributed by atoms with Gasteiger partial charge in [-0.3, -0.25) is 4.90 Å². The molecule has 1 atom stereocenters. The molecule has 0 amide bonds. The van der Waals surface area contributed by atoms with E-state index in [2.05, 4.69) is 4.90 Å². The summed E-state index contributed by atoms with van der Waals surface area (Å²) in [6, 6.07) is 7.40. The lowest BCUT2D eigenvalue weighted by Gasteiger charge is -2.31. The van der Waals surface area contributed by atoms with Gasteiger partial charge in [0.2, 0.25) is 0 Å². The van der Waals surface area contributed by atoms with E-state index in [-0.39, 0.29) is 6.61 Å². The van der Waals surface area contributed by atoms with Crippen molar-refractivity contribution in [2.45, 2.75) is 19.4 Å². The van der Waals surface area contributed by atoms with E-state index in [1.807, 2.05) is 18.2 Å². The number of aliphatic hydroxyl groups excluding tert-OH is 1. The lowest BCUT2D eigenvalue weighted by Crippen LogP contribution is -2.36. The molecule has 1 aliphatic heterocycles. The van der Waals surface area contributed by atoms with Crippen molar-refractivity contribution in [1.29, 1.82) is 0 Å². The van der Waals surface area contributed by atoms with Crippen molar-refractivity contribution in [2.24, 2.45) is 5.92 Å². The number of piperidine rings is 1. The van der Waals surface area contributed by atoms with Gasteiger partial charge in [0.1, 0.15) is 5.75 Å². The van der Waals surface area contributed by atoms with Gasteiger partial charge in [-0.1, -0.05) is 12.1 Å². The van der Waals surface area contributed by atoms with Crippen molar-refractivity contribution in [3.05, 3.63) is 29.8 Å². The Kier molecular flexibility index (Phi) is 3.80. The number of aliphatic hydroxyl groups is 1. The van der Waals surface area contributed by atoms with Crippen LogP contribution in [0, 0.1) is 5.92 Å². The molecule has 0 saturated carbocycles. The maximum absolute atomic E-state index is 9.38. The second kappa shape index (κ2) is 5.32. The summed E-state index contributed by atoms with van der Waals surface area (Å²) in [5.74, 6) is 0.749. The molecular weight excluding hydrogens is 202 g/mol. The molecule has 2 rings (SSSR count). The first-order valence-corrected chi connectivity index (χ1v) is 5.89. The van der Waals surface area contributed by atoms with Gasteiger partial charge in [-0.2, -0.15) is 0 Å². The van der Waals surface area contributed by atoms with Gasteiger partial charge in [-0.05, 0) is 43.0 Å². The second-order valence-electron chi connectivity index (χ2n) is 4.60. The van der Waals surface area contributed by atoms with Crippen LogP contribution >= 0.6 is 0 Å². The van der Waals surface area contributed by atoms with Crippen molar-refractivity contribution < 1.29 is 10.2 Å². The van der Waals surface area contributed by atoms with Crippen molar-refractivity contribution in [2.75, 3.05) is 19.7 Å². The van der Waals surface area contributed by atoms with Crippen LogP contribution in [-0.2, 0) is 6.54 Å². The maximum atomic E-state index is 9.38. The highest BCUT2D eigenvalue weighted by molar-refractivity contribution is 5.27. The van der Waals surface area contributed by atoms with Gasteiger partial charge in [0.15, 0.2) is 0 Å². The van der Waals surface area contributed by atoms with E-state index < -0.39 is 0 Å². The Bertz CT molecular complexity index is 340. The quantitative estimate of drug-likeness (QED) is 0.814. The number of phenols is 1. The lowest BCUT2D eigenvalue weighted by atomic mass is 9.98. The minimum absolute atomic E-state index is 0.288. The Morgan fingerprint density at radius 1 is 1.38 bits per heavy atom. The van der Waals surface area contributed by atoms with Crippen molar-refractivity contribution in [1.82, 2.24) is 4.90 Å². The average Bonchev–Trinajstić information content (AvgIpc) is 2.29. The van der Waals surface area contributed by atoms with Crippen LogP contribution in [0.25, 0.3) is 0 Å². The molecule has 0 bridgehead atoms. The third-order valence-corrected chi connectivity index (χ3v) is 3.18. The smallest absolute Gasteiger partial charge is 0.115 e. The maximum Gasteiger partial charge on any atom is 0.115 e. The van der Waals surface area contributed by atoms with Crippen molar-refractivity contribution >= 4 is 0 Å². The summed E-state index contributed by atoms with van der Waals surface area (Å²) in [5, 5.41) is 18.5. The van der Waals surface area contributed by atoms with Crippen molar-refractivity contribution in [3.8, 4) is 5.75 Å². The predicted octanol–water partition coefficient (Wildman–Crippen LogP) is 1.60. The zero-order chi connectivity index (χ0) is 11.4. The van der Waals surface area contributed by atoms with Gasteiger partial charge in [0.25, 0.3) is 0 Å². The SMILES string of the molecule is OCC1CCCN(Cc2cccc(O)c2)C1. The summed E-state index contributed by atoms with van der Waals surface area (Å²) in [6.45, 7) is 3.21. The van der Waals surface area contributed by atoms with E-state index in [0.29, 0.717) is 11.7 Å². The summed E-state index contributed by atoms with van der Waals surface area (Å²) in [4.78, 5) is 2.35. The minimum atomic E-state index is 0.288. The van der Waals surface area contributed by atoms with Crippen LogP contribution in [0.5, 0.6) is 5.75 Å². The molecule has 1 aliphatic rings. The monoisotopic (exact) mass is 221 g/mol. The van der Waals surface area contributed by atoms with Crippen LogP contribution in [0.1, 0.15) is 18.4 Å². The van der Waals surface area contributed by atoms with Crippen LogP contribution in [-0.4, -0.2) is 34.8 Å². The molecule has 1 fully saturated rings. The zero-order valence-corrected chi connectivity index (χ0v) is 9.47. The Morgan fingerprint density at radius 3 is 3.00 bits per heavy atom. The summed E-state index contributed by atoms with van der Waals surface area (Å²) in [5.41, 5.74) is 1.14. The molecule has 1 aromatic rings. The molecule has 88 valence electrons. The summed E-state index contributed by atoms with van der Waals surface area (Å²) in [6.07, 6.45) is 2.29. The fraction of sp³-hybridized carbons (Fsp3) is 0.538. The summed E-state index contributed by atoms with van der Waals surface area (Å²) in [7, 11) is 0. The topological polar surface area (TPSA) is 43.7 Å². The molecule has 0 spiro atoms. The van der Waals surface area contributed by atoms with Gasteiger partial charge in [-0.25, -0.2) is 0 Å². The molecule has 3 nitrogen and oxygen atoms in total. The Labute approximate surface area is 96.3 Å². The number of likely N-dealkylation sites (tertiary alicyclic amines) is 1. The lowest BCUT2D eigenvalue weighted by molar-refractivity contribution is 0.116. The van der Waals surface area contributed by atoms with E-state index >= 15 is 0 Å². The molecule has 1 saturated heterocycles. The highest BCUT2D eigenvalue weighted by Crippen LogP contribution is 2.19. The van der Waals surface area contributed by atoms with Crippen LogP contribution in [0.3, 0.4) is 0 Å². The summed E-state index contributed by atoms with van der Waals surface area (Å²) < 4.78 is 0. The predicted molar refractivity (Wildman–Crippen MR) is 63.2 cm³/mol. The van der Waals surface area contributed by atoms with Crippen molar-refractivity contribution in [3.63, 3.8) is 0 Å². The Hall–Kier alpha value is -1.06. The number of hydrogen-bond donors (Lipinski definition) is 2. The molecule has 1 aromatic carbocycles. The Balaban J connectivity index is 1.94. The summed E-state index contributed by atoms with van der Waals surface area (Å²) >= 11 is 0. The van der Waals surface area contributed by atoms with Gasteiger partial charge < -0.3 is 10.2 Å². The number of benzene rings is 1. The third kappa shape index (κ3) is 2.97. The molecular formula is C13H19NO2. The number of nitrogens with zero attached hydrogens (tertiary/aromatic N) is 1. The van der Waals surface area contributed by atoms with E-state index in [1.165, 1.54) is 0 Å². The zero-order valence-electron chi connectivity index (χ0n) is 9.47. The fourth-order valence-corrected chi connectivity index (χ4v) is 2.36. The Morgan fingerprint density at radius 2 is 2.25 bits per heavy atom. The van der Waals surface area contributed by atoms with Gasteiger partial charge >= 0.3 is 0 Å². The number of aromatic hydroxyl groups is 1. The number of hydrogen-bond acceptors (Lipinski definition) is 3. The minimum Gasteiger partial charge on any atom is -0.508 e. The first-order valence-electron chi connectivity index (χ1n) is 5.89. The van der Waals surface area contributed by atoms with Crippen LogP contribution in [0.2, 0.25) is 0 Å². The van der Waals surface area contributed by atoms with Gasteiger partial charge in [0, 0.05) is 19.7 Å². The van der Waals surface area contributed by atoms with E-state index in [1.54, 1.807) is 6.07 Å². The van der Waals surface area contributed by atoms with E-state index in [4.69, 9.17) is 5.11 Å². The molecule has 16 heavy (non-hydrogen) atoms. The fourth-order valence-electron chi connectivity index (χ4n) is 2.36.